The van der Waals surface area contributed by atoms with Crippen molar-refractivity contribution in [3.8, 4) is 0 Å². The third kappa shape index (κ3) is 3.78. The molecule has 0 aromatic carbocycles. The van der Waals surface area contributed by atoms with Crippen LogP contribution in [0.15, 0.2) is 0 Å². The summed E-state index contributed by atoms with van der Waals surface area (Å²) in [7, 11) is 1.00. The first-order chi connectivity index (χ1) is 11.2. The molecule has 4 saturated carbocycles. The Morgan fingerprint density at radius 1 is 1.08 bits per heavy atom. The maximum absolute atomic E-state index is 12.6. The van der Waals surface area contributed by atoms with Gasteiger partial charge in [0.25, 0.3) is 0 Å². The van der Waals surface area contributed by atoms with Gasteiger partial charge in [-0.25, -0.2) is 9.59 Å². The van der Waals surface area contributed by atoms with E-state index in [9.17, 15) is 22.8 Å². The minimum Gasteiger partial charge on any atom is -0.467 e. The second-order valence-electron chi connectivity index (χ2n) is 7.47. The lowest BCUT2D eigenvalue weighted by atomic mass is 9.54. The number of amides is 2. The second kappa shape index (κ2) is 6.44. The van der Waals surface area contributed by atoms with Crippen LogP contribution in [0.25, 0.3) is 0 Å². The van der Waals surface area contributed by atoms with Gasteiger partial charge in [-0.3, -0.25) is 0 Å². The molecule has 0 aromatic rings. The number of ether oxygens (including phenoxy) is 1. The van der Waals surface area contributed by atoms with Crippen molar-refractivity contribution in [2.75, 3.05) is 7.11 Å². The molecule has 136 valence electrons. The number of carbonyl (C=O) groups is 2. The summed E-state index contributed by atoms with van der Waals surface area (Å²) in [6.07, 6.45) is -0.380. The van der Waals surface area contributed by atoms with Crippen LogP contribution in [0.5, 0.6) is 0 Å². The summed E-state index contributed by atoms with van der Waals surface area (Å²) in [4.78, 5) is 23.7. The normalized spacial score (nSPS) is 35.4. The Hall–Kier alpha value is -1.47. The van der Waals surface area contributed by atoms with Crippen molar-refractivity contribution in [1.29, 1.82) is 0 Å². The summed E-state index contributed by atoms with van der Waals surface area (Å²) in [5.41, 5.74) is 0. The zero-order valence-electron chi connectivity index (χ0n) is 13.6. The summed E-state index contributed by atoms with van der Waals surface area (Å²) in [5.74, 6) is 1.20. The van der Waals surface area contributed by atoms with Crippen molar-refractivity contribution in [3.63, 3.8) is 0 Å². The summed E-state index contributed by atoms with van der Waals surface area (Å²) in [6, 6.07) is -2.43. The van der Waals surface area contributed by atoms with Crippen LogP contribution in [-0.4, -0.2) is 37.4 Å². The molecular formula is C16H23F3N2O3. The van der Waals surface area contributed by atoms with Gasteiger partial charge in [-0.05, 0) is 55.8 Å². The Morgan fingerprint density at radius 3 is 2.08 bits per heavy atom. The molecule has 0 spiro atoms. The Kier molecular flexibility index (Phi) is 4.66. The average Bonchev–Trinajstić information content (AvgIpc) is 2.47. The summed E-state index contributed by atoms with van der Waals surface area (Å²) < 4.78 is 42.1. The molecule has 4 bridgehead atoms. The fraction of sp³-hybridized carbons (Fsp3) is 0.875. The summed E-state index contributed by atoms with van der Waals surface area (Å²) >= 11 is 0. The molecule has 1 atom stereocenters. The highest BCUT2D eigenvalue weighted by atomic mass is 19.4. The molecule has 0 aromatic heterocycles. The molecule has 4 aliphatic carbocycles. The largest absolute Gasteiger partial charge is 0.467 e. The number of methoxy groups -OCH3 is 1. The van der Waals surface area contributed by atoms with E-state index < -0.39 is 30.6 Å². The number of halogens is 3. The second-order valence-corrected chi connectivity index (χ2v) is 7.47. The fourth-order valence-electron chi connectivity index (χ4n) is 5.08. The molecule has 2 amide bonds. The van der Waals surface area contributed by atoms with Crippen LogP contribution in [0.3, 0.4) is 0 Å². The SMILES string of the molecule is COC(=O)C(CC(F)(F)F)NC(=O)NC1C2CC3CC(C2)CC1C3. The zero-order chi connectivity index (χ0) is 17.5. The molecular weight excluding hydrogens is 325 g/mol. The number of rotatable bonds is 4. The number of alkyl halides is 3. The minimum absolute atomic E-state index is 0.00184. The monoisotopic (exact) mass is 348 g/mol. The molecule has 4 aliphatic rings. The van der Waals surface area contributed by atoms with Gasteiger partial charge in [0, 0.05) is 6.04 Å². The van der Waals surface area contributed by atoms with Gasteiger partial charge >= 0.3 is 18.2 Å². The third-order valence-corrected chi connectivity index (χ3v) is 5.75. The van der Waals surface area contributed by atoms with E-state index in [-0.39, 0.29) is 6.04 Å². The standard InChI is InChI=1S/C16H23F3N2O3/c1-24-14(22)12(7-16(17,18)19)20-15(23)21-13-10-3-8-2-9(5-10)6-11(13)4-8/h8-13H,2-7H2,1H3,(H2,20,21,23). The van der Waals surface area contributed by atoms with Gasteiger partial charge in [-0.2, -0.15) is 13.2 Å². The highest BCUT2D eigenvalue weighted by Gasteiger charge is 2.49. The molecule has 5 nitrogen and oxygen atoms in total. The van der Waals surface area contributed by atoms with Gasteiger partial charge in [-0.15, -0.1) is 0 Å². The van der Waals surface area contributed by atoms with E-state index in [0.29, 0.717) is 11.8 Å². The molecule has 8 heteroatoms. The van der Waals surface area contributed by atoms with Crippen LogP contribution in [-0.2, 0) is 9.53 Å². The molecule has 1 unspecified atom stereocenters. The Balaban J connectivity index is 1.58. The highest BCUT2D eigenvalue weighted by molar-refractivity contribution is 5.83. The number of esters is 1. The smallest absolute Gasteiger partial charge is 0.391 e. The van der Waals surface area contributed by atoms with Crippen molar-refractivity contribution in [3.05, 3.63) is 0 Å². The van der Waals surface area contributed by atoms with Crippen LogP contribution in [0, 0.1) is 23.7 Å². The van der Waals surface area contributed by atoms with E-state index in [0.717, 1.165) is 44.6 Å². The van der Waals surface area contributed by atoms with Crippen LogP contribution >= 0.6 is 0 Å². The lowest BCUT2D eigenvalue weighted by Crippen LogP contribution is -2.59. The van der Waals surface area contributed by atoms with Crippen LogP contribution < -0.4 is 10.6 Å². The Labute approximate surface area is 138 Å². The van der Waals surface area contributed by atoms with E-state index in [2.05, 4.69) is 15.4 Å². The van der Waals surface area contributed by atoms with Crippen molar-refractivity contribution in [1.82, 2.24) is 10.6 Å². The number of urea groups is 1. The average molecular weight is 348 g/mol. The van der Waals surface area contributed by atoms with Gasteiger partial charge in [0.15, 0.2) is 0 Å². The van der Waals surface area contributed by atoms with Crippen molar-refractivity contribution in [2.45, 2.75) is 56.8 Å². The quantitative estimate of drug-likeness (QED) is 0.768. The van der Waals surface area contributed by atoms with E-state index in [1.807, 2.05) is 0 Å². The molecule has 2 N–H and O–H groups in total. The lowest BCUT2D eigenvalue weighted by molar-refractivity contribution is -0.159. The molecule has 0 saturated heterocycles. The maximum atomic E-state index is 12.6. The summed E-state index contributed by atoms with van der Waals surface area (Å²) in [6.45, 7) is 0. The Bertz CT molecular complexity index is 481. The first kappa shape index (κ1) is 17.4. The molecule has 4 fully saturated rings. The van der Waals surface area contributed by atoms with Crippen molar-refractivity contribution < 1.29 is 27.5 Å². The van der Waals surface area contributed by atoms with Gasteiger partial charge in [0.1, 0.15) is 6.04 Å². The van der Waals surface area contributed by atoms with E-state index in [4.69, 9.17) is 0 Å². The molecule has 4 rings (SSSR count). The number of nitrogens with one attached hydrogen (secondary N) is 2. The number of hydrogen-bond acceptors (Lipinski definition) is 3. The predicted molar refractivity (Wildman–Crippen MR) is 79.0 cm³/mol. The maximum Gasteiger partial charge on any atom is 0.391 e. The summed E-state index contributed by atoms with van der Waals surface area (Å²) in [5, 5.41) is 4.97. The topological polar surface area (TPSA) is 67.4 Å². The number of hydrogen-bond donors (Lipinski definition) is 2. The van der Waals surface area contributed by atoms with E-state index in [1.165, 1.54) is 6.42 Å². The Morgan fingerprint density at radius 2 is 1.62 bits per heavy atom. The molecule has 24 heavy (non-hydrogen) atoms. The first-order valence-corrected chi connectivity index (χ1v) is 8.46. The van der Waals surface area contributed by atoms with Crippen LogP contribution in [0.4, 0.5) is 18.0 Å². The molecule has 0 aliphatic heterocycles. The van der Waals surface area contributed by atoms with Gasteiger partial charge in [0.2, 0.25) is 0 Å². The third-order valence-electron chi connectivity index (χ3n) is 5.75. The van der Waals surface area contributed by atoms with Gasteiger partial charge < -0.3 is 15.4 Å². The zero-order valence-corrected chi connectivity index (χ0v) is 13.6. The first-order valence-electron chi connectivity index (χ1n) is 8.46. The van der Waals surface area contributed by atoms with Crippen molar-refractivity contribution >= 4 is 12.0 Å². The lowest BCUT2D eigenvalue weighted by Gasteiger charge is -2.54. The fourth-order valence-corrected chi connectivity index (χ4v) is 5.08. The molecule has 0 heterocycles. The highest BCUT2D eigenvalue weighted by Crippen LogP contribution is 2.53. The van der Waals surface area contributed by atoms with E-state index in [1.54, 1.807) is 0 Å². The van der Waals surface area contributed by atoms with E-state index >= 15 is 0 Å². The molecule has 0 radical (unpaired) electrons. The van der Waals surface area contributed by atoms with Crippen LogP contribution in [0.2, 0.25) is 0 Å². The van der Waals surface area contributed by atoms with Crippen molar-refractivity contribution in [2.24, 2.45) is 23.7 Å². The van der Waals surface area contributed by atoms with Gasteiger partial charge in [0.05, 0.1) is 13.5 Å². The van der Waals surface area contributed by atoms with Gasteiger partial charge in [-0.1, -0.05) is 0 Å². The number of carbonyl (C=O) groups excluding carboxylic acids is 2. The predicted octanol–water partition coefficient (Wildman–Crippen LogP) is 2.60. The minimum atomic E-state index is -4.56. The van der Waals surface area contributed by atoms with Crippen LogP contribution in [0.1, 0.15) is 38.5 Å².